The molecule has 166 valence electrons. The van der Waals surface area contributed by atoms with Gasteiger partial charge in [-0.2, -0.15) is 4.31 Å². The zero-order chi connectivity index (χ0) is 22.6. The predicted molar refractivity (Wildman–Crippen MR) is 124 cm³/mol. The zero-order valence-electron chi connectivity index (χ0n) is 18.0. The lowest BCUT2D eigenvalue weighted by atomic mass is 10.0. The van der Waals surface area contributed by atoms with E-state index in [0.717, 1.165) is 24.8 Å². The summed E-state index contributed by atoms with van der Waals surface area (Å²) in [5, 5.41) is 3.02. The Balaban J connectivity index is 1.62. The van der Waals surface area contributed by atoms with Crippen LogP contribution in [0.25, 0.3) is 0 Å². The van der Waals surface area contributed by atoms with Crippen LogP contribution in [0.15, 0.2) is 83.9 Å². The predicted octanol–water partition coefficient (Wildman–Crippen LogP) is 4.16. The molecule has 0 spiro atoms. The van der Waals surface area contributed by atoms with Gasteiger partial charge in [-0.15, -0.1) is 0 Å². The first-order valence-electron chi connectivity index (χ1n) is 10.9. The molecule has 3 aromatic rings. The summed E-state index contributed by atoms with van der Waals surface area (Å²) in [5.41, 5.74) is 1.90. The Morgan fingerprint density at radius 1 is 1.03 bits per heavy atom. The molecule has 0 saturated carbocycles. The normalized spacial score (nSPS) is 18.1. The average molecular weight is 450 g/mol. The summed E-state index contributed by atoms with van der Waals surface area (Å²) < 4.78 is 28.0. The van der Waals surface area contributed by atoms with Crippen LogP contribution in [0.1, 0.15) is 53.8 Å². The number of amides is 1. The van der Waals surface area contributed by atoms with E-state index in [-0.39, 0.29) is 16.8 Å². The lowest BCUT2D eigenvalue weighted by Gasteiger charge is -2.32. The van der Waals surface area contributed by atoms with Gasteiger partial charge in [0.15, 0.2) is 0 Å². The maximum absolute atomic E-state index is 13.2. The summed E-state index contributed by atoms with van der Waals surface area (Å²) >= 11 is 0. The number of carbonyl (C=O) groups excluding carboxylic acids is 1. The fourth-order valence-electron chi connectivity index (χ4n) is 4.10. The van der Waals surface area contributed by atoms with Gasteiger partial charge in [-0.3, -0.25) is 9.78 Å². The highest BCUT2D eigenvalue weighted by Gasteiger charge is 2.31. The molecule has 1 aliphatic heterocycles. The Bertz CT molecular complexity index is 1130. The highest BCUT2D eigenvalue weighted by molar-refractivity contribution is 7.89. The number of hydrogen-bond donors (Lipinski definition) is 1. The largest absolute Gasteiger partial charge is 0.340 e. The van der Waals surface area contributed by atoms with Crippen LogP contribution in [-0.2, 0) is 10.0 Å². The van der Waals surface area contributed by atoms with Gasteiger partial charge in [0, 0.05) is 24.3 Å². The van der Waals surface area contributed by atoms with Gasteiger partial charge in [0.25, 0.3) is 5.91 Å². The van der Waals surface area contributed by atoms with E-state index < -0.39 is 16.1 Å². The van der Waals surface area contributed by atoms with E-state index in [1.165, 1.54) is 6.07 Å². The summed E-state index contributed by atoms with van der Waals surface area (Å²) in [6, 6.07) is 20.9. The van der Waals surface area contributed by atoms with Gasteiger partial charge in [-0.05, 0) is 55.7 Å². The number of carbonyl (C=O) groups is 1. The summed E-state index contributed by atoms with van der Waals surface area (Å²) in [7, 11) is -3.66. The van der Waals surface area contributed by atoms with Crippen molar-refractivity contribution in [2.45, 2.75) is 43.2 Å². The first kappa shape index (κ1) is 22.2. The first-order chi connectivity index (χ1) is 15.5. The number of pyridine rings is 1. The molecule has 2 unspecified atom stereocenters. The van der Waals surface area contributed by atoms with Crippen molar-refractivity contribution in [3.05, 3.63) is 95.8 Å². The molecule has 1 aromatic heterocycles. The fourth-order valence-corrected chi connectivity index (χ4v) is 5.84. The molecule has 0 aliphatic carbocycles. The van der Waals surface area contributed by atoms with Crippen LogP contribution in [0.3, 0.4) is 0 Å². The maximum Gasteiger partial charge on any atom is 0.252 e. The summed E-state index contributed by atoms with van der Waals surface area (Å²) in [6.07, 6.45) is 4.42. The Kier molecular flexibility index (Phi) is 6.67. The van der Waals surface area contributed by atoms with Gasteiger partial charge >= 0.3 is 0 Å². The number of benzene rings is 2. The van der Waals surface area contributed by atoms with Gasteiger partial charge in [-0.1, -0.05) is 48.9 Å². The van der Waals surface area contributed by atoms with Crippen molar-refractivity contribution in [3.8, 4) is 0 Å². The number of sulfonamides is 1. The van der Waals surface area contributed by atoms with Crippen molar-refractivity contribution in [1.82, 2.24) is 14.6 Å². The number of hydrogen-bond acceptors (Lipinski definition) is 4. The molecule has 0 radical (unpaired) electrons. The second-order valence-electron chi connectivity index (χ2n) is 8.06. The van der Waals surface area contributed by atoms with Gasteiger partial charge in [0.05, 0.1) is 16.6 Å². The van der Waals surface area contributed by atoms with Gasteiger partial charge < -0.3 is 5.32 Å². The third-order valence-corrected chi connectivity index (χ3v) is 7.85. The molecule has 6 nitrogen and oxygen atoms in total. The molecule has 0 bridgehead atoms. The Morgan fingerprint density at radius 2 is 1.81 bits per heavy atom. The molecule has 1 saturated heterocycles. The van der Waals surface area contributed by atoms with E-state index >= 15 is 0 Å². The van der Waals surface area contributed by atoms with E-state index in [1.807, 2.05) is 55.5 Å². The van der Waals surface area contributed by atoms with Crippen molar-refractivity contribution >= 4 is 15.9 Å². The van der Waals surface area contributed by atoms with Crippen LogP contribution in [0.2, 0.25) is 0 Å². The molecule has 1 amide bonds. The third kappa shape index (κ3) is 4.74. The van der Waals surface area contributed by atoms with E-state index in [2.05, 4.69) is 10.3 Å². The molecule has 4 rings (SSSR count). The smallest absolute Gasteiger partial charge is 0.252 e. The second-order valence-corrected chi connectivity index (χ2v) is 9.95. The second kappa shape index (κ2) is 9.63. The van der Waals surface area contributed by atoms with Crippen LogP contribution < -0.4 is 5.32 Å². The highest BCUT2D eigenvalue weighted by Crippen LogP contribution is 2.26. The van der Waals surface area contributed by atoms with Crippen molar-refractivity contribution in [2.75, 3.05) is 6.54 Å². The van der Waals surface area contributed by atoms with Crippen LogP contribution >= 0.6 is 0 Å². The molecule has 7 heteroatoms. The number of rotatable bonds is 6. The van der Waals surface area contributed by atoms with Gasteiger partial charge in [0.1, 0.15) is 0 Å². The molecule has 2 heterocycles. The quantitative estimate of drug-likeness (QED) is 0.613. The lowest BCUT2D eigenvalue weighted by Crippen LogP contribution is -2.42. The number of piperidine rings is 1. The minimum atomic E-state index is -3.66. The molecule has 1 N–H and O–H groups in total. The van der Waals surface area contributed by atoms with Crippen LogP contribution in [0.4, 0.5) is 0 Å². The van der Waals surface area contributed by atoms with Crippen molar-refractivity contribution < 1.29 is 13.2 Å². The Hall–Kier alpha value is -3.03. The SMILES string of the molecule is CC1CCCCN1S(=O)(=O)c1cccc(C(=O)NC(c2ccccc2)c2ccccn2)c1. The van der Waals surface area contributed by atoms with Gasteiger partial charge in [-0.25, -0.2) is 8.42 Å². The van der Waals surface area contributed by atoms with Crippen molar-refractivity contribution in [2.24, 2.45) is 0 Å². The summed E-state index contributed by atoms with van der Waals surface area (Å²) in [4.78, 5) is 17.7. The topological polar surface area (TPSA) is 79.4 Å². The fraction of sp³-hybridized carbons (Fsp3) is 0.280. The Labute approximate surface area is 189 Å². The zero-order valence-corrected chi connectivity index (χ0v) is 18.8. The molecule has 2 aromatic carbocycles. The highest BCUT2D eigenvalue weighted by atomic mass is 32.2. The van der Waals surface area contributed by atoms with Crippen LogP contribution in [0.5, 0.6) is 0 Å². The third-order valence-electron chi connectivity index (χ3n) is 5.84. The van der Waals surface area contributed by atoms with Crippen molar-refractivity contribution in [1.29, 1.82) is 0 Å². The van der Waals surface area contributed by atoms with Crippen LogP contribution in [0, 0.1) is 0 Å². The summed E-state index contributed by atoms with van der Waals surface area (Å²) in [6.45, 7) is 2.44. The van der Waals surface area contributed by atoms with E-state index in [1.54, 1.807) is 28.7 Å². The number of nitrogens with zero attached hydrogens (tertiary/aromatic N) is 2. The average Bonchev–Trinajstić information content (AvgIpc) is 2.83. The lowest BCUT2D eigenvalue weighted by molar-refractivity contribution is 0.0942. The number of aromatic nitrogens is 1. The first-order valence-corrected chi connectivity index (χ1v) is 12.3. The van der Waals surface area contributed by atoms with E-state index in [0.29, 0.717) is 17.8 Å². The minimum absolute atomic E-state index is 0.0437. The summed E-state index contributed by atoms with van der Waals surface area (Å²) in [5.74, 6) is -0.353. The molecule has 2 atom stereocenters. The molecule has 32 heavy (non-hydrogen) atoms. The Morgan fingerprint density at radius 3 is 2.53 bits per heavy atom. The number of nitrogens with one attached hydrogen (secondary N) is 1. The van der Waals surface area contributed by atoms with Crippen molar-refractivity contribution in [3.63, 3.8) is 0 Å². The van der Waals surface area contributed by atoms with Gasteiger partial charge in [0.2, 0.25) is 10.0 Å². The minimum Gasteiger partial charge on any atom is -0.340 e. The molecular formula is C25H27N3O3S. The monoisotopic (exact) mass is 449 g/mol. The standard InChI is InChI=1S/C25H27N3O3S/c1-19-10-6-8-17-28(19)32(30,31)22-14-9-13-21(18-22)25(29)27-24(20-11-3-2-4-12-20)23-15-5-7-16-26-23/h2-5,7,9,11-16,18-19,24H,6,8,10,17H2,1H3,(H,27,29). The van der Waals surface area contributed by atoms with E-state index in [9.17, 15) is 13.2 Å². The molecule has 1 aliphatic rings. The van der Waals surface area contributed by atoms with Crippen LogP contribution in [-0.4, -0.2) is 36.2 Å². The maximum atomic E-state index is 13.2. The van der Waals surface area contributed by atoms with E-state index in [4.69, 9.17) is 0 Å². The molecule has 1 fully saturated rings. The molecular weight excluding hydrogens is 422 g/mol.